The van der Waals surface area contributed by atoms with Gasteiger partial charge in [-0.05, 0) is 53.6 Å². The Kier molecular flexibility index (Phi) is 5.20. The molecule has 3 unspecified atom stereocenters. The summed E-state index contributed by atoms with van der Waals surface area (Å²) < 4.78 is 11.0. The number of nitrogens with zero attached hydrogens (tertiary/aromatic N) is 4. The molecule has 7 nitrogen and oxygen atoms in total. The smallest absolute Gasteiger partial charge is 0.243 e. The van der Waals surface area contributed by atoms with Gasteiger partial charge in [-0.25, -0.2) is 0 Å². The Hall–Kier alpha value is -1.47. The number of carbonyl (C=O) groups excluding carboxylic acids is 1. The Morgan fingerprint density at radius 2 is 1.83 bits per heavy atom. The van der Waals surface area contributed by atoms with Crippen LogP contribution in [0.2, 0.25) is 0 Å². The number of rotatable bonds is 3. The quantitative estimate of drug-likeness (QED) is 0.838. The SMILES string of the molecule is Cc1noc(C(C)N2CCC(C(=O)N3CC(C)OC(C)C3)CC2)n1. The summed E-state index contributed by atoms with van der Waals surface area (Å²) in [4.78, 5) is 21.4. The van der Waals surface area contributed by atoms with Crippen LogP contribution >= 0.6 is 0 Å². The minimum Gasteiger partial charge on any atom is -0.372 e. The lowest BCUT2D eigenvalue weighted by Crippen LogP contribution is -2.51. The van der Waals surface area contributed by atoms with E-state index in [0.29, 0.717) is 24.8 Å². The summed E-state index contributed by atoms with van der Waals surface area (Å²) >= 11 is 0. The third kappa shape index (κ3) is 3.78. The fourth-order valence-electron chi connectivity index (χ4n) is 3.79. The van der Waals surface area contributed by atoms with Crippen LogP contribution in [0.3, 0.4) is 0 Å². The molecule has 1 aromatic rings. The van der Waals surface area contributed by atoms with Gasteiger partial charge in [-0.15, -0.1) is 0 Å². The topological polar surface area (TPSA) is 71.7 Å². The van der Waals surface area contributed by atoms with Crippen molar-refractivity contribution in [2.75, 3.05) is 26.2 Å². The maximum atomic E-state index is 12.8. The minimum absolute atomic E-state index is 0.102. The Bertz CT molecular complexity index is 558. The number of ether oxygens (including phenoxy) is 1. The van der Waals surface area contributed by atoms with Crippen LogP contribution in [-0.4, -0.2) is 64.2 Å². The van der Waals surface area contributed by atoms with Crippen LogP contribution < -0.4 is 0 Å². The summed E-state index contributed by atoms with van der Waals surface area (Å²) in [5.74, 6) is 1.74. The number of aryl methyl sites for hydroxylation is 1. The van der Waals surface area contributed by atoms with Crippen molar-refractivity contribution in [3.63, 3.8) is 0 Å². The van der Waals surface area contributed by atoms with Crippen molar-refractivity contribution in [2.24, 2.45) is 5.92 Å². The van der Waals surface area contributed by atoms with Gasteiger partial charge in [0, 0.05) is 19.0 Å². The highest BCUT2D eigenvalue weighted by Gasteiger charge is 2.34. The third-order valence-electron chi connectivity index (χ3n) is 5.06. The largest absolute Gasteiger partial charge is 0.372 e. The Balaban J connectivity index is 1.54. The van der Waals surface area contributed by atoms with Crippen molar-refractivity contribution in [1.29, 1.82) is 0 Å². The number of hydrogen-bond acceptors (Lipinski definition) is 6. The van der Waals surface area contributed by atoms with Gasteiger partial charge in [0.1, 0.15) is 0 Å². The first-order valence-electron chi connectivity index (χ1n) is 8.92. The normalized spacial score (nSPS) is 28.1. The van der Waals surface area contributed by atoms with Gasteiger partial charge in [-0.3, -0.25) is 9.69 Å². The summed E-state index contributed by atoms with van der Waals surface area (Å²) in [6.45, 7) is 11.2. The zero-order valence-electron chi connectivity index (χ0n) is 15.1. The molecular weight excluding hydrogens is 308 g/mol. The van der Waals surface area contributed by atoms with E-state index in [1.165, 1.54) is 0 Å². The number of piperidine rings is 1. The van der Waals surface area contributed by atoms with E-state index >= 15 is 0 Å². The molecule has 3 heterocycles. The molecule has 0 spiro atoms. The van der Waals surface area contributed by atoms with Crippen molar-refractivity contribution in [3.05, 3.63) is 11.7 Å². The van der Waals surface area contributed by atoms with E-state index < -0.39 is 0 Å². The second kappa shape index (κ2) is 7.19. The fraction of sp³-hybridized carbons (Fsp3) is 0.824. The van der Waals surface area contributed by atoms with E-state index in [9.17, 15) is 4.79 Å². The summed E-state index contributed by atoms with van der Waals surface area (Å²) in [7, 11) is 0. The Morgan fingerprint density at radius 3 is 2.38 bits per heavy atom. The molecule has 0 N–H and O–H groups in total. The van der Waals surface area contributed by atoms with E-state index in [-0.39, 0.29) is 30.1 Å². The molecule has 0 bridgehead atoms. The summed E-state index contributed by atoms with van der Waals surface area (Å²) in [6, 6.07) is 0.102. The standard InChI is InChI=1S/C17H28N4O3/c1-11-9-21(10-12(2)23-11)17(22)15-5-7-20(8-6-15)13(3)16-18-14(4)19-24-16/h11-13,15H,5-10H2,1-4H3. The van der Waals surface area contributed by atoms with Crippen molar-refractivity contribution < 1.29 is 14.1 Å². The van der Waals surface area contributed by atoms with Crippen molar-refractivity contribution in [3.8, 4) is 0 Å². The maximum absolute atomic E-state index is 12.8. The van der Waals surface area contributed by atoms with E-state index in [4.69, 9.17) is 9.26 Å². The monoisotopic (exact) mass is 336 g/mol. The summed E-state index contributed by atoms with van der Waals surface area (Å²) in [5, 5.41) is 3.87. The molecular formula is C17H28N4O3. The molecule has 2 aliphatic heterocycles. The number of amides is 1. The predicted octanol–water partition coefficient (Wildman–Crippen LogP) is 1.79. The Morgan fingerprint density at radius 1 is 1.21 bits per heavy atom. The van der Waals surface area contributed by atoms with Gasteiger partial charge in [0.2, 0.25) is 11.8 Å². The van der Waals surface area contributed by atoms with Crippen LogP contribution in [0.5, 0.6) is 0 Å². The van der Waals surface area contributed by atoms with Gasteiger partial charge >= 0.3 is 0 Å². The molecule has 134 valence electrons. The number of hydrogen-bond donors (Lipinski definition) is 0. The van der Waals surface area contributed by atoms with Gasteiger partial charge < -0.3 is 14.2 Å². The van der Waals surface area contributed by atoms with Crippen LogP contribution in [0, 0.1) is 12.8 Å². The van der Waals surface area contributed by atoms with Crippen molar-refractivity contribution in [1.82, 2.24) is 19.9 Å². The average molecular weight is 336 g/mol. The van der Waals surface area contributed by atoms with Gasteiger partial charge in [0.15, 0.2) is 5.82 Å². The van der Waals surface area contributed by atoms with Crippen LogP contribution in [0.15, 0.2) is 4.52 Å². The number of aromatic nitrogens is 2. The van der Waals surface area contributed by atoms with Crippen LogP contribution in [-0.2, 0) is 9.53 Å². The van der Waals surface area contributed by atoms with Crippen LogP contribution in [0.1, 0.15) is 51.4 Å². The van der Waals surface area contributed by atoms with Crippen molar-refractivity contribution in [2.45, 2.75) is 58.8 Å². The summed E-state index contributed by atoms with van der Waals surface area (Å²) in [6.07, 6.45) is 2.02. The van der Waals surface area contributed by atoms with E-state index in [1.54, 1.807) is 0 Å². The lowest BCUT2D eigenvalue weighted by Gasteiger charge is -2.39. The number of likely N-dealkylation sites (tertiary alicyclic amines) is 1. The van der Waals surface area contributed by atoms with E-state index in [0.717, 1.165) is 25.9 Å². The first kappa shape index (κ1) is 17.4. The highest BCUT2D eigenvalue weighted by Crippen LogP contribution is 2.27. The molecule has 0 saturated carbocycles. The lowest BCUT2D eigenvalue weighted by atomic mass is 9.94. The van der Waals surface area contributed by atoms with Crippen LogP contribution in [0.25, 0.3) is 0 Å². The fourth-order valence-corrected chi connectivity index (χ4v) is 3.79. The zero-order valence-corrected chi connectivity index (χ0v) is 15.1. The van der Waals surface area contributed by atoms with Gasteiger partial charge in [-0.1, -0.05) is 5.16 Å². The van der Waals surface area contributed by atoms with Crippen molar-refractivity contribution >= 4 is 5.91 Å². The highest BCUT2D eigenvalue weighted by atomic mass is 16.5. The highest BCUT2D eigenvalue weighted by molar-refractivity contribution is 5.79. The van der Waals surface area contributed by atoms with Gasteiger partial charge in [-0.2, -0.15) is 4.98 Å². The first-order chi connectivity index (χ1) is 11.4. The minimum atomic E-state index is 0.102. The maximum Gasteiger partial charge on any atom is 0.243 e. The molecule has 2 aliphatic rings. The molecule has 0 aliphatic carbocycles. The lowest BCUT2D eigenvalue weighted by molar-refractivity contribution is -0.149. The molecule has 7 heteroatoms. The molecule has 0 aromatic carbocycles. The molecule has 2 saturated heterocycles. The predicted molar refractivity (Wildman–Crippen MR) is 88.3 cm³/mol. The second-order valence-corrected chi connectivity index (χ2v) is 7.17. The van der Waals surface area contributed by atoms with Gasteiger partial charge in [0.05, 0.1) is 18.2 Å². The molecule has 1 aromatic heterocycles. The second-order valence-electron chi connectivity index (χ2n) is 7.17. The summed E-state index contributed by atoms with van der Waals surface area (Å²) in [5.41, 5.74) is 0. The van der Waals surface area contributed by atoms with Gasteiger partial charge in [0.25, 0.3) is 0 Å². The van der Waals surface area contributed by atoms with E-state index in [1.807, 2.05) is 25.7 Å². The van der Waals surface area contributed by atoms with Crippen LogP contribution in [0.4, 0.5) is 0 Å². The number of morpholine rings is 1. The first-order valence-corrected chi connectivity index (χ1v) is 8.92. The molecule has 3 rings (SSSR count). The zero-order chi connectivity index (χ0) is 17.3. The molecule has 2 fully saturated rings. The molecule has 3 atom stereocenters. The number of carbonyl (C=O) groups is 1. The molecule has 24 heavy (non-hydrogen) atoms. The molecule has 0 radical (unpaired) electrons. The average Bonchev–Trinajstić information content (AvgIpc) is 2.99. The Labute approximate surface area is 143 Å². The van der Waals surface area contributed by atoms with E-state index in [2.05, 4.69) is 22.0 Å². The molecule has 1 amide bonds. The third-order valence-corrected chi connectivity index (χ3v) is 5.06.